The molecule has 2 heterocycles. The number of hydrogen-bond donors (Lipinski definition) is 1. The molecule has 2 unspecified atom stereocenters. The van der Waals surface area contributed by atoms with Crippen molar-refractivity contribution in [1.29, 1.82) is 0 Å². The summed E-state index contributed by atoms with van der Waals surface area (Å²) < 4.78 is 12.9. The summed E-state index contributed by atoms with van der Waals surface area (Å²) in [6.07, 6.45) is 3.94. The molecule has 1 fully saturated rings. The molecule has 1 aliphatic rings. The van der Waals surface area contributed by atoms with Gasteiger partial charge in [-0.05, 0) is 66.6 Å². The summed E-state index contributed by atoms with van der Waals surface area (Å²) in [5, 5.41) is 0. The molecule has 0 saturated carbocycles. The van der Waals surface area contributed by atoms with Gasteiger partial charge in [0.15, 0.2) is 0 Å². The molecule has 0 spiro atoms. The average molecular weight is 541 g/mol. The molecule has 0 bridgehead atoms. The van der Waals surface area contributed by atoms with Gasteiger partial charge in [-0.15, -0.1) is 0 Å². The Morgan fingerprint density at radius 1 is 1.02 bits per heavy atom. The van der Waals surface area contributed by atoms with E-state index in [1.165, 1.54) is 0 Å². The van der Waals surface area contributed by atoms with Crippen LogP contribution < -0.4 is 10.5 Å². The van der Waals surface area contributed by atoms with E-state index in [0.29, 0.717) is 26.0 Å². The molecule has 1 aromatic heterocycles. The number of fused-ring (bicyclic) bond motifs is 1. The number of benzene rings is 3. The van der Waals surface area contributed by atoms with E-state index in [1.807, 2.05) is 23.1 Å². The Kier molecular flexibility index (Phi) is 9.14. The summed E-state index contributed by atoms with van der Waals surface area (Å²) in [5.41, 5.74) is 12.1. The van der Waals surface area contributed by atoms with Crippen LogP contribution in [0.25, 0.3) is 22.2 Å². The first-order valence-electron chi connectivity index (χ1n) is 14.3. The normalized spacial score (nSPS) is 16.3. The second kappa shape index (κ2) is 13.1. The molecule has 210 valence electrons. The zero-order valence-corrected chi connectivity index (χ0v) is 23.6. The molecule has 1 saturated heterocycles. The van der Waals surface area contributed by atoms with Gasteiger partial charge in [0.1, 0.15) is 11.6 Å². The highest BCUT2D eigenvalue weighted by Crippen LogP contribution is 2.30. The molecule has 0 radical (unpaired) electrons. The number of hydrogen-bond acceptors (Lipinski definition) is 5. The minimum atomic E-state index is -0.224. The van der Waals surface area contributed by atoms with Crippen LogP contribution in [0.4, 0.5) is 0 Å². The molecule has 3 aromatic carbocycles. The number of aromatic nitrogens is 2. The molecule has 4 aromatic rings. The zero-order valence-electron chi connectivity index (χ0n) is 23.6. The monoisotopic (exact) mass is 540 g/mol. The highest BCUT2D eigenvalue weighted by atomic mass is 16.5. The van der Waals surface area contributed by atoms with Crippen LogP contribution in [0.15, 0.2) is 72.8 Å². The Bertz CT molecular complexity index is 1400. The van der Waals surface area contributed by atoms with Crippen molar-refractivity contribution in [2.75, 3.05) is 33.9 Å². The maximum absolute atomic E-state index is 13.3. The second-order valence-corrected chi connectivity index (χ2v) is 10.7. The Morgan fingerprint density at radius 2 is 1.75 bits per heavy atom. The summed E-state index contributed by atoms with van der Waals surface area (Å²) in [5.74, 6) is 2.27. The van der Waals surface area contributed by atoms with Crippen LogP contribution in [0.3, 0.4) is 0 Å². The lowest BCUT2D eigenvalue weighted by molar-refractivity contribution is -0.132. The molecule has 1 amide bonds. The number of ether oxygens (including phenoxy) is 2. The number of amides is 1. The van der Waals surface area contributed by atoms with E-state index < -0.39 is 0 Å². The first-order valence-corrected chi connectivity index (χ1v) is 14.3. The Morgan fingerprint density at radius 3 is 2.48 bits per heavy atom. The van der Waals surface area contributed by atoms with Gasteiger partial charge in [0, 0.05) is 51.7 Å². The average Bonchev–Trinajstić information content (AvgIpc) is 3.36. The van der Waals surface area contributed by atoms with E-state index in [1.54, 1.807) is 14.2 Å². The smallest absolute Gasteiger partial charge is 0.224 e. The number of imidazole rings is 1. The number of methoxy groups -OCH3 is 2. The van der Waals surface area contributed by atoms with Crippen molar-refractivity contribution >= 4 is 16.9 Å². The Balaban J connectivity index is 1.20. The summed E-state index contributed by atoms with van der Waals surface area (Å²) in [6, 6.07) is 24.5. The third kappa shape index (κ3) is 6.54. The van der Waals surface area contributed by atoms with Crippen molar-refractivity contribution in [1.82, 2.24) is 14.5 Å². The number of carbonyl (C=O) groups excluding carboxylic acids is 1. The minimum absolute atomic E-state index is 0.133. The van der Waals surface area contributed by atoms with E-state index in [0.717, 1.165) is 71.6 Å². The number of likely N-dealkylation sites (tertiary alicyclic amines) is 1. The first kappa shape index (κ1) is 27.9. The standard InChI is InChI=1S/C33H40N4O3/c1-39-20-6-19-37-31-9-4-3-8-30(31)35-33(37)27-7-5-18-36(23-27)32(38)22-28(34)21-24-10-12-25(13-11-24)26-14-16-29(40-2)17-15-26/h3-4,8-17,27-28H,5-7,18-23,34H2,1-2H3. The van der Waals surface area contributed by atoms with E-state index in [2.05, 4.69) is 59.2 Å². The number of nitrogens with zero attached hydrogens (tertiary/aromatic N) is 3. The summed E-state index contributed by atoms with van der Waals surface area (Å²) in [4.78, 5) is 20.3. The van der Waals surface area contributed by atoms with Crippen LogP contribution in [0.5, 0.6) is 5.75 Å². The zero-order chi connectivity index (χ0) is 27.9. The molecule has 40 heavy (non-hydrogen) atoms. The summed E-state index contributed by atoms with van der Waals surface area (Å²) in [6.45, 7) is 3.04. The van der Waals surface area contributed by atoms with Gasteiger partial charge in [-0.2, -0.15) is 0 Å². The molecule has 5 rings (SSSR count). The second-order valence-electron chi connectivity index (χ2n) is 10.7. The van der Waals surface area contributed by atoms with Crippen LogP contribution in [0.1, 0.15) is 43.0 Å². The highest BCUT2D eigenvalue weighted by Gasteiger charge is 2.29. The number of nitrogens with two attached hydrogens (primary N) is 1. The number of piperidine rings is 1. The van der Waals surface area contributed by atoms with E-state index in [-0.39, 0.29) is 17.9 Å². The maximum Gasteiger partial charge on any atom is 0.224 e. The molecule has 0 aliphatic carbocycles. The molecule has 7 heteroatoms. The van der Waals surface area contributed by atoms with Crippen LogP contribution in [0, 0.1) is 0 Å². The van der Waals surface area contributed by atoms with Crippen molar-refractivity contribution < 1.29 is 14.3 Å². The highest BCUT2D eigenvalue weighted by molar-refractivity contribution is 5.78. The van der Waals surface area contributed by atoms with Gasteiger partial charge in [0.2, 0.25) is 5.91 Å². The number of rotatable bonds is 11. The fraction of sp³-hybridized carbons (Fsp3) is 0.394. The van der Waals surface area contributed by atoms with Gasteiger partial charge < -0.3 is 24.7 Å². The van der Waals surface area contributed by atoms with Crippen LogP contribution in [0.2, 0.25) is 0 Å². The SMILES string of the molecule is COCCCn1c(C2CCCN(C(=O)CC(N)Cc3ccc(-c4ccc(OC)cc4)cc3)C2)nc2ccccc21. The number of carbonyl (C=O) groups is 1. The van der Waals surface area contributed by atoms with Crippen molar-refractivity contribution in [3.05, 3.63) is 84.2 Å². The quantitative estimate of drug-likeness (QED) is 0.257. The fourth-order valence-corrected chi connectivity index (χ4v) is 5.77. The number of aryl methyl sites for hydroxylation is 1. The fourth-order valence-electron chi connectivity index (χ4n) is 5.77. The maximum atomic E-state index is 13.3. The summed E-state index contributed by atoms with van der Waals surface area (Å²) in [7, 11) is 3.41. The van der Waals surface area contributed by atoms with Crippen molar-refractivity contribution in [3.63, 3.8) is 0 Å². The van der Waals surface area contributed by atoms with Gasteiger partial charge in [-0.1, -0.05) is 48.5 Å². The third-order valence-electron chi connectivity index (χ3n) is 7.87. The summed E-state index contributed by atoms with van der Waals surface area (Å²) >= 11 is 0. The van der Waals surface area contributed by atoms with Crippen molar-refractivity contribution in [3.8, 4) is 16.9 Å². The topological polar surface area (TPSA) is 82.6 Å². The lowest BCUT2D eigenvalue weighted by Crippen LogP contribution is -2.42. The molecular formula is C33H40N4O3. The van der Waals surface area contributed by atoms with Crippen LogP contribution >= 0.6 is 0 Å². The Hall–Kier alpha value is -3.68. The predicted octanol–water partition coefficient (Wildman–Crippen LogP) is 5.41. The molecule has 7 nitrogen and oxygen atoms in total. The molecular weight excluding hydrogens is 500 g/mol. The minimum Gasteiger partial charge on any atom is -0.497 e. The number of para-hydroxylation sites is 2. The van der Waals surface area contributed by atoms with E-state index >= 15 is 0 Å². The van der Waals surface area contributed by atoms with Crippen molar-refractivity contribution in [2.24, 2.45) is 5.73 Å². The van der Waals surface area contributed by atoms with Crippen LogP contribution in [-0.4, -0.2) is 60.3 Å². The van der Waals surface area contributed by atoms with E-state index in [4.69, 9.17) is 20.2 Å². The van der Waals surface area contributed by atoms with Crippen LogP contribution in [-0.2, 0) is 22.5 Å². The van der Waals surface area contributed by atoms with Crippen molar-refractivity contribution in [2.45, 2.75) is 50.6 Å². The predicted molar refractivity (Wildman–Crippen MR) is 160 cm³/mol. The largest absolute Gasteiger partial charge is 0.497 e. The van der Waals surface area contributed by atoms with Gasteiger partial charge in [0.25, 0.3) is 0 Å². The third-order valence-corrected chi connectivity index (χ3v) is 7.87. The van der Waals surface area contributed by atoms with Gasteiger partial charge in [-0.3, -0.25) is 4.79 Å². The lowest BCUT2D eigenvalue weighted by Gasteiger charge is -2.33. The van der Waals surface area contributed by atoms with Gasteiger partial charge in [0.05, 0.1) is 18.1 Å². The first-order chi connectivity index (χ1) is 19.6. The van der Waals surface area contributed by atoms with E-state index in [9.17, 15) is 4.79 Å². The van der Waals surface area contributed by atoms with Gasteiger partial charge in [-0.25, -0.2) is 4.98 Å². The lowest BCUT2D eigenvalue weighted by atomic mass is 9.95. The Labute approximate surface area is 236 Å². The molecule has 2 N–H and O–H groups in total. The molecule has 1 aliphatic heterocycles. The van der Waals surface area contributed by atoms with Gasteiger partial charge >= 0.3 is 0 Å². The molecule has 2 atom stereocenters.